The highest BCUT2D eigenvalue weighted by Gasteiger charge is 2.38. The Balaban J connectivity index is 1.44. The number of thioether (sulfide) groups is 1. The van der Waals surface area contributed by atoms with Gasteiger partial charge in [0.05, 0.1) is 24.8 Å². The molecule has 0 aromatic heterocycles. The Morgan fingerprint density at radius 3 is 2.87 bits per heavy atom. The third kappa shape index (κ3) is 6.25. The van der Waals surface area contributed by atoms with Gasteiger partial charge < -0.3 is 20.1 Å². The van der Waals surface area contributed by atoms with Crippen LogP contribution >= 0.6 is 27.7 Å². The fourth-order valence-electron chi connectivity index (χ4n) is 4.06. The molecule has 31 heavy (non-hydrogen) atoms. The fraction of sp³-hybridized carbons (Fsp3) is 0.458. The molecule has 2 aromatic rings. The molecule has 0 unspecified atom stereocenters. The Morgan fingerprint density at radius 2 is 2.03 bits per heavy atom. The van der Waals surface area contributed by atoms with Gasteiger partial charge in [-0.2, -0.15) is 0 Å². The highest BCUT2D eigenvalue weighted by atomic mass is 79.9. The van der Waals surface area contributed by atoms with E-state index < -0.39 is 6.04 Å². The minimum Gasteiger partial charge on any atom is -0.491 e. The molecule has 0 spiro atoms. The summed E-state index contributed by atoms with van der Waals surface area (Å²) in [6, 6.07) is 15.8. The molecule has 2 aromatic carbocycles. The number of nitrogens with two attached hydrogens (primary N) is 1. The van der Waals surface area contributed by atoms with Crippen LogP contribution in [0.1, 0.15) is 31.2 Å². The van der Waals surface area contributed by atoms with Crippen molar-refractivity contribution in [2.75, 3.05) is 18.9 Å². The molecule has 0 aliphatic carbocycles. The summed E-state index contributed by atoms with van der Waals surface area (Å²) >= 11 is 5.28. The molecule has 2 aliphatic rings. The second-order valence-electron chi connectivity index (χ2n) is 8.18. The molecule has 2 heterocycles. The molecule has 2 N–H and O–H groups in total. The maximum atomic E-state index is 13.1. The number of benzene rings is 2. The first-order chi connectivity index (χ1) is 15.1. The van der Waals surface area contributed by atoms with E-state index in [9.17, 15) is 4.79 Å². The number of carbonyl (C=O) groups is 1. The first kappa shape index (κ1) is 22.6. The van der Waals surface area contributed by atoms with Crippen LogP contribution in [0.15, 0.2) is 57.9 Å². The number of amides is 1. The zero-order valence-corrected chi connectivity index (χ0v) is 19.9. The molecule has 7 heteroatoms. The van der Waals surface area contributed by atoms with Gasteiger partial charge in [-0.1, -0.05) is 40.5 Å². The molecule has 0 saturated carbocycles. The molecule has 166 valence electrons. The monoisotopic (exact) mass is 504 g/mol. The van der Waals surface area contributed by atoms with Crippen molar-refractivity contribution < 1.29 is 14.3 Å². The summed E-state index contributed by atoms with van der Waals surface area (Å²) in [5.74, 6) is 1.88. The van der Waals surface area contributed by atoms with Crippen LogP contribution in [0.2, 0.25) is 0 Å². The number of carbonyl (C=O) groups excluding carboxylic acids is 1. The van der Waals surface area contributed by atoms with E-state index in [1.807, 2.05) is 53.1 Å². The number of halogens is 1. The van der Waals surface area contributed by atoms with Crippen LogP contribution in [0.25, 0.3) is 0 Å². The summed E-state index contributed by atoms with van der Waals surface area (Å²) < 4.78 is 13.3. The number of hydrogen-bond donors (Lipinski definition) is 1. The third-order valence-electron chi connectivity index (χ3n) is 5.80. The molecular formula is C24H29BrN2O3S. The van der Waals surface area contributed by atoms with Crippen molar-refractivity contribution in [1.82, 2.24) is 4.90 Å². The Labute approximate surface area is 196 Å². The lowest BCUT2D eigenvalue weighted by Gasteiger charge is -2.27. The van der Waals surface area contributed by atoms with Gasteiger partial charge >= 0.3 is 0 Å². The van der Waals surface area contributed by atoms with Gasteiger partial charge in [0.25, 0.3) is 0 Å². The Kier molecular flexibility index (Phi) is 7.93. The molecule has 5 nitrogen and oxygen atoms in total. The standard InChI is InChI=1S/C24H29BrN2O3S/c25-18-9-7-17(8-10-18)15-29-21-12-19-16-30-20-4-3-5-22(13-20)31-11-2-1-6-23(26)24(28)27(19)14-21/h3-5,7-10,13,19,21,23H,1-2,6,11-12,14-16,26H2/t19-,21-,23-/m0/s1. The third-order valence-corrected chi connectivity index (χ3v) is 7.41. The van der Waals surface area contributed by atoms with Crippen molar-refractivity contribution in [2.24, 2.45) is 5.73 Å². The predicted molar refractivity (Wildman–Crippen MR) is 127 cm³/mol. The van der Waals surface area contributed by atoms with Gasteiger partial charge in [-0.05, 0) is 60.9 Å². The number of rotatable bonds is 3. The number of ether oxygens (including phenoxy) is 2. The van der Waals surface area contributed by atoms with Crippen molar-refractivity contribution in [2.45, 2.75) is 55.4 Å². The molecule has 1 fully saturated rings. The Morgan fingerprint density at radius 1 is 1.19 bits per heavy atom. The maximum Gasteiger partial charge on any atom is 0.239 e. The van der Waals surface area contributed by atoms with E-state index in [1.165, 1.54) is 4.90 Å². The molecule has 1 amide bonds. The van der Waals surface area contributed by atoms with Crippen LogP contribution in [0, 0.1) is 0 Å². The summed E-state index contributed by atoms with van der Waals surface area (Å²) in [5, 5.41) is 0. The van der Waals surface area contributed by atoms with Crippen LogP contribution in [-0.4, -0.2) is 47.9 Å². The highest BCUT2D eigenvalue weighted by Crippen LogP contribution is 2.28. The average molecular weight is 505 g/mol. The van der Waals surface area contributed by atoms with Gasteiger partial charge in [-0.15, -0.1) is 11.8 Å². The van der Waals surface area contributed by atoms with Crippen molar-refractivity contribution in [3.05, 3.63) is 58.6 Å². The lowest BCUT2D eigenvalue weighted by Crippen LogP contribution is -2.48. The smallest absolute Gasteiger partial charge is 0.239 e. The van der Waals surface area contributed by atoms with E-state index >= 15 is 0 Å². The second kappa shape index (κ2) is 10.9. The van der Waals surface area contributed by atoms with Gasteiger partial charge in [-0.3, -0.25) is 4.79 Å². The minimum absolute atomic E-state index is 0.0156. The number of hydrogen-bond acceptors (Lipinski definition) is 5. The van der Waals surface area contributed by atoms with Crippen LogP contribution in [0.4, 0.5) is 0 Å². The highest BCUT2D eigenvalue weighted by molar-refractivity contribution is 9.10. The number of fused-ring (bicyclic) bond motifs is 3. The van der Waals surface area contributed by atoms with E-state index in [1.54, 1.807) is 0 Å². The largest absolute Gasteiger partial charge is 0.491 e. The van der Waals surface area contributed by atoms with Gasteiger partial charge in [0.15, 0.2) is 0 Å². The Bertz CT molecular complexity index is 879. The quantitative estimate of drug-likeness (QED) is 0.660. The van der Waals surface area contributed by atoms with Crippen molar-refractivity contribution in [3.8, 4) is 5.75 Å². The van der Waals surface area contributed by atoms with Crippen molar-refractivity contribution >= 4 is 33.6 Å². The molecule has 0 radical (unpaired) electrons. The molecule has 4 rings (SSSR count). The van der Waals surface area contributed by atoms with E-state index in [0.717, 1.165) is 40.8 Å². The second-order valence-corrected chi connectivity index (χ2v) is 10.3. The Hall–Kier alpha value is -1.54. The zero-order chi connectivity index (χ0) is 21.6. The molecule has 2 bridgehead atoms. The predicted octanol–water partition coefficient (Wildman–Crippen LogP) is 4.62. The summed E-state index contributed by atoms with van der Waals surface area (Å²) in [4.78, 5) is 16.2. The molecule has 1 saturated heterocycles. The van der Waals surface area contributed by atoms with E-state index in [0.29, 0.717) is 26.2 Å². The first-order valence-corrected chi connectivity index (χ1v) is 12.6. The normalized spacial score (nSPS) is 24.9. The minimum atomic E-state index is -0.460. The SMILES string of the molecule is N[C@H]1CCCCSc2cccc(c2)OC[C@@H]2C[C@H](OCc3ccc(Br)cc3)CN2C1=O. The summed E-state index contributed by atoms with van der Waals surface area (Å²) in [5.41, 5.74) is 7.40. The maximum absolute atomic E-state index is 13.1. The van der Waals surface area contributed by atoms with Crippen LogP contribution in [-0.2, 0) is 16.1 Å². The average Bonchev–Trinajstić information content (AvgIpc) is 3.19. The lowest BCUT2D eigenvalue weighted by molar-refractivity contribution is -0.134. The van der Waals surface area contributed by atoms with Gasteiger partial charge in [0, 0.05) is 15.9 Å². The van der Waals surface area contributed by atoms with Crippen LogP contribution in [0.3, 0.4) is 0 Å². The van der Waals surface area contributed by atoms with Crippen LogP contribution < -0.4 is 10.5 Å². The van der Waals surface area contributed by atoms with E-state index in [-0.39, 0.29) is 18.1 Å². The van der Waals surface area contributed by atoms with Crippen LogP contribution in [0.5, 0.6) is 5.75 Å². The fourth-order valence-corrected chi connectivity index (χ4v) is 5.28. The van der Waals surface area contributed by atoms with E-state index in [2.05, 4.69) is 28.1 Å². The van der Waals surface area contributed by atoms with Gasteiger partial charge in [0.1, 0.15) is 12.4 Å². The van der Waals surface area contributed by atoms with Crippen molar-refractivity contribution in [3.63, 3.8) is 0 Å². The van der Waals surface area contributed by atoms with Gasteiger partial charge in [-0.25, -0.2) is 0 Å². The molecular weight excluding hydrogens is 476 g/mol. The molecule has 2 aliphatic heterocycles. The summed E-state index contributed by atoms with van der Waals surface area (Å²) in [7, 11) is 0. The summed E-state index contributed by atoms with van der Waals surface area (Å²) in [6.45, 7) is 1.54. The van der Waals surface area contributed by atoms with Gasteiger partial charge in [0.2, 0.25) is 5.91 Å². The van der Waals surface area contributed by atoms with Crippen molar-refractivity contribution in [1.29, 1.82) is 0 Å². The summed E-state index contributed by atoms with van der Waals surface area (Å²) in [6.07, 6.45) is 3.44. The lowest BCUT2D eigenvalue weighted by atomic mass is 10.1. The molecule has 3 atom stereocenters. The first-order valence-electron chi connectivity index (χ1n) is 10.9. The number of nitrogens with zero attached hydrogens (tertiary/aromatic N) is 1. The topological polar surface area (TPSA) is 64.8 Å². The van der Waals surface area contributed by atoms with E-state index in [4.69, 9.17) is 15.2 Å². The zero-order valence-electron chi connectivity index (χ0n) is 17.5.